The average Bonchev–Trinajstić information content (AvgIpc) is 2.74. The molecule has 0 aliphatic carbocycles. The van der Waals surface area contributed by atoms with E-state index in [1.807, 2.05) is 6.07 Å². The second-order valence-corrected chi connectivity index (χ2v) is 7.58. The van der Waals surface area contributed by atoms with Crippen molar-refractivity contribution in [2.75, 3.05) is 13.2 Å². The number of aliphatic carboxylic acids is 1. The fourth-order valence-electron chi connectivity index (χ4n) is 3.08. The van der Waals surface area contributed by atoms with Crippen LogP contribution in [0, 0.1) is 0 Å². The SMILES string of the molecule is CCCCCCC(COc1ccc(C(=O)NCCC(=O)O)cc1)c1ccc(Cl)nc1. The largest absolute Gasteiger partial charge is 0.493 e. The van der Waals surface area contributed by atoms with E-state index < -0.39 is 5.97 Å². The van der Waals surface area contributed by atoms with Gasteiger partial charge in [0.05, 0.1) is 13.0 Å². The van der Waals surface area contributed by atoms with Crippen molar-refractivity contribution in [3.05, 3.63) is 58.9 Å². The second kappa shape index (κ2) is 12.9. The number of hydrogen-bond acceptors (Lipinski definition) is 4. The molecule has 0 saturated heterocycles. The molecule has 1 aromatic carbocycles. The molecule has 1 atom stereocenters. The molecule has 0 saturated carbocycles. The van der Waals surface area contributed by atoms with E-state index in [2.05, 4.69) is 17.2 Å². The Morgan fingerprint density at radius 2 is 1.90 bits per heavy atom. The van der Waals surface area contributed by atoms with Gasteiger partial charge in [-0.15, -0.1) is 0 Å². The molecule has 1 unspecified atom stereocenters. The molecule has 2 rings (SSSR count). The van der Waals surface area contributed by atoms with Gasteiger partial charge in [-0.3, -0.25) is 9.59 Å². The van der Waals surface area contributed by atoms with Gasteiger partial charge >= 0.3 is 5.97 Å². The minimum Gasteiger partial charge on any atom is -0.493 e. The van der Waals surface area contributed by atoms with Crippen LogP contribution in [0.25, 0.3) is 0 Å². The van der Waals surface area contributed by atoms with Gasteiger partial charge in [-0.05, 0) is 42.3 Å². The number of carboxylic acid groups (broad SMARTS) is 1. The van der Waals surface area contributed by atoms with Crippen molar-refractivity contribution in [2.45, 2.75) is 51.4 Å². The van der Waals surface area contributed by atoms with E-state index in [0.29, 0.717) is 23.1 Å². The molecule has 1 aromatic heterocycles. The highest BCUT2D eigenvalue weighted by atomic mass is 35.5. The number of carboxylic acids is 1. The van der Waals surface area contributed by atoms with Crippen LogP contribution < -0.4 is 10.1 Å². The number of amides is 1. The summed E-state index contributed by atoms with van der Waals surface area (Å²) in [5.41, 5.74) is 1.57. The van der Waals surface area contributed by atoms with Gasteiger partial charge in [0.2, 0.25) is 0 Å². The van der Waals surface area contributed by atoms with Gasteiger partial charge in [0, 0.05) is 24.2 Å². The molecule has 1 heterocycles. The fraction of sp³-hybridized carbons (Fsp3) is 0.435. The van der Waals surface area contributed by atoms with E-state index in [9.17, 15) is 9.59 Å². The van der Waals surface area contributed by atoms with Crippen LogP contribution in [0.1, 0.15) is 67.3 Å². The Morgan fingerprint density at radius 3 is 2.53 bits per heavy atom. The summed E-state index contributed by atoms with van der Waals surface area (Å²) in [6.45, 7) is 2.81. The van der Waals surface area contributed by atoms with Gasteiger partial charge in [-0.2, -0.15) is 0 Å². The Morgan fingerprint density at radius 1 is 1.13 bits per heavy atom. The highest BCUT2D eigenvalue weighted by Gasteiger charge is 2.14. The van der Waals surface area contributed by atoms with Crippen molar-refractivity contribution in [1.82, 2.24) is 10.3 Å². The van der Waals surface area contributed by atoms with Crippen molar-refractivity contribution in [3.63, 3.8) is 0 Å². The van der Waals surface area contributed by atoms with Crippen molar-refractivity contribution in [2.24, 2.45) is 0 Å². The molecule has 6 nitrogen and oxygen atoms in total. The fourth-order valence-corrected chi connectivity index (χ4v) is 3.19. The molecule has 2 N–H and O–H groups in total. The van der Waals surface area contributed by atoms with Gasteiger partial charge in [-0.25, -0.2) is 4.98 Å². The van der Waals surface area contributed by atoms with Crippen LogP contribution in [0.4, 0.5) is 0 Å². The summed E-state index contributed by atoms with van der Waals surface area (Å²) in [7, 11) is 0. The molecular formula is C23H29ClN2O4. The standard InChI is InChI=1S/C23H29ClN2O4/c1-2-3-4-5-6-19(18-9-12-21(24)26-15-18)16-30-20-10-7-17(8-11-20)23(29)25-14-13-22(27)28/h7-12,15,19H,2-6,13-14,16H2,1H3,(H,25,29)(H,27,28). The normalized spacial score (nSPS) is 11.7. The van der Waals surface area contributed by atoms with Gasteiger partial charge in [0.15, 0.2) is 0 Å². The Hall–Kier alpha value is -2.60. The van der Waals surface area contributed by atoms with Gasteiger partial charge in [0.1, 0.15) is 10.9 Å². The Kier molecular flexibility index (Phi) is 10.1. The second-order valence-electron chi connectivity index (χ2n) is 7.20. The minimum absolute atomic E-state index is 0.0985. The zero-order chi connectivity index (χ0) is 21.8. The zero-order valence-corrected chi connectivity index (χ0v) is 18.0. The number of carbonyl (C=O) groups is 2. The molecule has 0 aliphatic heterocycles. The number of nitrogens with zero attached hydrogens (tertiary/aromatic N) is 1. The number of nitrogens with one attached hydrogen (secondary N) is 1. The van der Waals surface area contributed by atoms with E-state index in [4.69, 9.17) is 21.4 Å². The highest BCUT2D eigenvalue weighted by Crippen LogP contribution is 2.25. The Labute approximate surface area is 182 Å². The molecule has 7 heteroatoms. The summed E-state index contributed by atoms with van der Waals surface area (Å²) < 4.78 is 5.99. The maximum Gasteiger partial charge on any atom is 0.305 e. The van der Waals surface area contributed by atoms with Gasteiger partial charge in [0.25, 0.3) is 5.91 Å². The minimum atomic E-state index is -0.945. The third-order valence-corrected chi connectivity index (χ3v) is 5.04. The first-order chi connectivity index (χ1) is 14.5. The topological polar surface area (TPSA) is 88.5 Å². The van der Waals surface area contributed by atoms with Crippen LogP contribution in [-0.2, 0) is 4.79 Å². The predicted octanol–water partition coefficient (Wildman–Crippen LogP) is 5.07. The first kappa shape index (κ1) is 23.7. The Balaban J connectivity index is 1.92. The van der Waals surface area contributed by atoms with Crippen LogP contribution in [0.3, 0.4) is 0 Å². The lowest BCUT2D eigenvalue weighted by Gasteiger charge is -2.18. The number of rotatable bonds is 13. The number of hydrogen-bond donors (Lipinski definition) is 2. The summed E-state index contributed by atoms with van der Waals surface area (Å²) in [6, 6.07) is 10.6. The number of benzene rings is 1. The summed E-state index contributed by atoms with van der Waals surface area (Å²) >= 11 is 5.92. The zero-order valence-electron chi connectivity index (χ0n) is 17.3. The van der Waals surface area contributed by atoms with Crippen LogP contribution >= 0.6 is 11.6 Å². The number of ether oxygens (including phenoxy) is 1. The average molecular weight is 433 g/mol. The number of unbranched alkanes of at least 4 members (excludes halogenated alkanes) is 3. The smallest absolute Gasteiger partial charge is 0.305 e. The first-order valence-corrected chi connectivity index (χ1v) is 10.7. The van der Waals surface area contributed by atoms with E-state index in [-0.39, 0.29) is 24.8 Å². The molecular weight excluding hydrogens is 404 g/mol. The number of carbonyl (C=O) groups excluding carboxylic acids is 1. The lowest BCUT2D eigenvalue weighted by molar-refractivity contribution is -0.136. The van der Waals surface area contributed by atoms with Crippen LogP contribution in [0.2, 0.25) is 5.15 Å². The maximum absolute atomic E-state index is 12.0. The van der Waals surface area contributed by atoms with E-state index in [1.54, 1.807) is 36.5 Å². The third kappa shape index (κ3) is 8.41. The predicted molar refractivity (Wildman–Crippen MR) is 117 cm³/mol. The molecule has 0 fully saturated rings. The van der Waals surface area contributed by atoms with Crippen molar-refractivity contribution >= 4 is 23.5 Å². The molecule has 1 amide bonds. The third-order valence-electron chi connectivity index (χ3n) is 4.82. The van der Waals surface area contributed by atoms with Crippen LogP contribution in [-0.4, -0.2) is 35.1 Å². The number of pyridine rings is 1. The van der Waals surface area contributed by atoms with E-state index in [0.717, 1.165) is 18.4 Å². The van der Waals surface area contributed by atoms with Gasteiger partial charge < -0.3 is 15.2 Å². The lowest BCUT2D eigenvalue weighted by atomic mass is 9.95. The summed E-state index contributed by atoms with van der Waals surface area (Å²) in [6.07, 6.45) is 7.45. The lowest BCUT2D eigenvalue weighted by Crippen LogP contribution is -2.25. The molecule has 162 valence electrons. The Bertz CT molecular complexity index is 794. The maximum atomic E-state index is 12.0. The van der Waals surface area contributed by atoms with E-state index in [1.165, 1.54) is 19.3 Å². The van der Waals surface area contributed by atoms with Crippen LogP contribution in [0.5, 0.6) is 5.75 Å². The quantitative estimate of drug-likeness (QED) is 0.340. The van der Waals surface area contributed by atoms with Crippen molar-refractivity contribution < 1.29 is 19.4 Å². The monoisotopic (exact) mass is 432 g/mol. The number of halogens is 1. The summed E-state index contributed by atoms with van der Waals surface area (Å²) in [5.74, 6) is -0.355. The molecule has 30 heavy (non-hydrogen) atoms. The van der Waals surface area contributed by atoms with Gasteiger partial charge in [-0.1, -0.05) is 50.3 Å². The first-order valence-electron chi connectivity index (χ1n) is 10.3. The van der Waals surface area contributed by atoms with E-state index >= 15 is 0 Å². The van der Waals surface area contributed by atoms with Crippen molar-refractivity contribution in [3.8, 4) is 5.75 Å². The molecule has 2 aromatic rings. The molecule has 0 radical (unpaired) electrons. The summed E-state index contributed by atoms with van der Waals surface area (Å²) in [5, 5.41) is 11.7. The highest BCUT2D eigenvalue weighted by molar-refractivity contribution is 6.29. The number of aromatic nitrogens is 1. The molecule has 0 aliphatic rings. The summed E-state index contributed by atoms with van der Waals surface area (Å²) in [4.78, 5) is 26.7. The van der Waals surface area contributed by atoms with Crippen LogP contribution in [0.15, 0.2) is 42.6 Å². The molecule has 0 spiro atoms. The van der Waals surface area contributed by atoms with Crippen molar-refractivity contribution in [1.29, 1.82) is 0 Å². The molecule has 0 bridgehead atoms.